The highest BCUT2D eigenvalue weighted by atomic mass is 79.9. The Morgan fingerprint density at radius 2 is 1.28 bits per heavy atom. The van der Waals surface area contributed by atoms with Gasteiger partial charge in [0.05, 0.1) is 5.69 Å². The SMILES string of the molecule is Brc1ccccn1.Fc1ccc(-c2ccccn2)c(F)c1.OB(O)c1ccc(F)cc1F. The molecule has 0 atom stereocenters. The van der Waals surface area contributed by atoms with E-state index in [9.17, 15) is 17.6 Å². The summed E-state index contributed by atoms with van der Waals surface area (Å²) in [5.74, 6) is -2.88. The molecule has 0 amide bonds. The Hall–Kier alpha value is -3.08. The van der Waals surface area contributed by atoms with Gasteiger partial charge in [0.1, 0.15) is 27.9 Å². The zero-order valence-electron chi connectivity index (χ0n) is 16.3. The monoisotopic (exact) mass is 506 g/mol. The first-order valence-corrected chi connectivity index (χ1v) is 9.81. The van der Waals surface area contributed by atoms with Crippen molar-refractivity contribution < 1.29 is 27.6 Å². The van der Waals surface area contributed by atoms with E-state index in [0.29, 0.717) is 17.3 Å². The predicted octanol–water partition coefficient (Wildman–Crippen LogP) is 4.52. The van der Waals surface area contributed by atoms with Gasteiger partial charge in [0.15, 0.2) is 0 Å². The third-order valence-corrected chi connectivity index (χ3v) is 4.21. The van der Waals surface area contributed by atoms with Gasteiger partial charge in [-0.2, -0.15) is 0 Å². The fourth-order valence-corrected chi connectivity index (χ4v) is 2.54. The van der Waals surface area contributed by atoms with Crippen LogP contribution in [0.15, 0.2) is 89.8 Å². The summed E-state index contributed by atoms with van der Waals surface area (Å²) in [6, 6.07) is 16.8. The van der Waals surface area contributed by atoms with Crippen molar-refractivity contribution in [3.63, 3.8) is 0 Å². The van der Waals surface area contributed by atoms with Crippen LogP contribution in [0.2, 0.25) is 0 Å². The number of benzene rings is 2. The average molecular weight is 507 g/mol. The molecule has 2 N–H and O–H groups in total. The van der Waals surface area contributed by atoms with Crippen molar-refractivity contribution in [3.05, 3.63) is 113 Å². The Morgan fingerprint density at radius 3 is 1.72 bits per heavy atom. The summed E-state index contributed by atoms with van der Waals surface area (Å²) >= 11 is 3.20. The lowest BCUT2D eigenvalue weighted by atomic mass is 9.80. The van der Waals surface area contributed by atoms with Crippen LogP contribution in [0.25, 0.3) is 11.3 Å². The van der Waals surface area contributed by atoms with Gasteiger partial charge < -0.3 is 10.0 Å². The molecular formula is C22H16BBrF4N2O2. The van der Waals surface area contributed by atoms with Crippen molar-refractivity contribution >= 4 is 28.5 Å². The molecule has 0 radical (unpaired) electrons. The Morgan fingerprint density at radius 1 is 0.688 bits per heavy atom. The molecule has 2 aromatic heterocycles. The summed E-state index contributed by atoms with van der Waals surface area (Å²) in [6.45, 7) is 0. The molecule has 4 aromatic rings. The molecule has 0 saturated heterocycles. The minimum Gasteiger partial charge on any atom is -0.423 e. The summed E-state index contributed by atoms with van der Waals surface area (Å²) in [7, 11) is -1.89. The van der Waals surface area contributed by atoms with Crippen LogP contribution in [0.1, 0.15) is 0 Å². The molecule has 0 saturated carbocycles. The van der Waals surface area contributed by atoms with Gasteiger partial charge in [-0.1, -0.05) is 18.2 Å². The van der Waals surface area contributed by atoms with E-state index in [0.717, 1.165) is 22.8 Å². The molecule has 32 heavy (non-hydrogen) atoms. The molecule has 0 spiro atoms. The second kappa shape index (κ2) is 12.7. The van der Waals surface area contributed by atoms with Crippen LogP contribution in [0.3, 0.4) is 0 Å². The lowest BCUT2D eigenvalue weighted by Gasteiger charge is -2.01. The highest BCUT2D eigenvalue weighted by Gasteiger charge is 2.16. The fourth-order valence-electron chi connectivity index (χ4n) is 2.27. The van der Waals surface area contributed by atoms with Crippen LogP contribution < -0.4 is 5.46 Å². The van der Waals surface area contributed by atoms with E-state index in [4.69, 9.17) is 10.0 Å². The molecule has 164 valence electrons. The first-order valence-electron chi connectivity index (χ1n) is 9.02. The van der Waals surface area contributed by atoms with Gasteiger partial charge in [0.25, 0.3) is 0 Å². The van der Waals surface area contributed by atoms with E-state index in [1.165, 1.54) is 12.1 Å². The normalized spacial score (nSPS) is 9.72. The Bertz CT molecular complexity index is 1120. The van der Waals surface area contributed by atoms with Gasteiger partial charge in [0, 0.05) is 35.6 Å². The summed E-state index contributed by atoms with van der Waals surface area (Å²) < 4.78 is 51.5. The molecule has 0 bridgehead atoms. The number of aromatic nitrogens is 2. The lowest BCUT2D eigenvalue weighted by molar-refractivity contribution is 0.422. The maximum Gasteiger partial charge on any atom is 0.491 e. The maximum atomic E-state index is 13.3. The molecule has 0 fully saturated rings. The molecule has 0 aliphatic carbocycles. The van der Waals surface area contributed by atoms with Crippen molar-refractivity contribution in [2.24, 2.45) is 0 Å². The smallest absolute Gasteiger partial charge is 0.423 e. The van der Waals surface area contributed by atoms with E-state index in [-0.39, 0.29) is 5.46 Å². The number of halogens is 5. The second-order valence-electron chi connectivity index (χ2n) is 6.03. The number of pyridine rings is 2. The summed E-state index contributed by atoms with van der Waals surface area (Å²) in [4.78, 5) is 7.87. The largest absolute Gasteiger partial charge is 0.491 e. The van der Waals surface area contributed by atoms with Crippen molar-refractivity contribution in [1.29, 1.82) is 0 Å². The summed E-state index contributed by atoms with van der Waals surface area (Å²) in [5, 5.41) is 17.0. The van der Waals surface area contributed by atoms with E-state index in [1.54, 1.807) is 30.6 Å². The highest BCUT2D eigenvalue weighted by Crippen LogP contribution is 2.20. The summed E-state index contributed by atoms with van der Waals surface area (Å²) in [6.07, 6.45) is 3.31. The number of rotatable bonds is 2. The van der Waals surface area contributed by atoms with E-state index >= 15 is 0 Å². The van der Waals surface area contributed by atoms with E-state index in [1.807, 2.05) is 18.2 Å². The van der Waals surface area contributed by atoms with Crippen LogP contribution in [-0.4, -0.2) is 27.1 Å². The van der Waals surface area contributed by atoms with Crippen LogP contribution in [-0.2, 0) is 0 Å². The van der Waals surface area contributed by atoms with Gasteiger partial charge in [-0.25, -0.2) is 22.5 Å². The van der Waals surface area contributed by atoms with Crippen LogP contribution in [0, 0.1) is 23.3 Å². The molecule has 4 rings (SSSR count). The van der Waals surface area contributed by atoms with Crippen LogP contribution >= 0.6 is 15.9 Å². The second-order valence-corrected chi connectivity index (χ2v) is 6.84. The lowest BCUT2D eigenvalue weighted by Crippen LogP contribution is -2.32. The Kier molecular flexibility index (Phi) is 10.00. The van der Waals surface area contributed by atoms with Crippen molar-refractivity contribution in [1.82, 2.24) is 9.97 Å². The molecule has 0 aliphatic rings. The van der Waals surface area contributed by atoms with Gasteiger partial charge in [-0.3, -0.25) is 4.98 Å². The van der Waals surface area contributed by atoms with E-state index in [2.05, 4.69) is 25.9 Å². The van der Waals surface area contributed by atoms with Crippen molar-refractivity contribution in [3.8, 4) is 11.3 Å². The first-order chi connectivity index (χ1) is 15.3. The van der Waals surface area contributed by atoms with Crippen molar-refractivity contribution in [2.45, 2.75) is 0 Å². The molecule has 0 aliphatic heterocycles. The molecule has 4 nitrogen and oxygen atoms in total. The highest BCUT2D eigenvalue weighted by molar-refractivity contribution is 9.10. The predicted molar refractivity (Wildman–Crippen MR) is 118 cm³/mol. The van der Waals surface area contributed by atoms with Crippen molar-refractivity contribution in [2.75, 3.05) is 0 Å². The molecular weight excluding hydrogens is 491 g/mol. The zero-order chi connectivity index (χ0) is 23.5. The summed E-state index contributed by atoms with van der Waals surface area (Å²) in [5.41, 5.74) is 0.489. The van der Waals surface area contributed by atoms with Gasteiger partial charge >= 0.3 is 7.12 Å². The zero-order valence-corrected chi connectivity index (χ0v) is 17.9. The topological polar surface area (TPSA) is 66.2 Å². The van der Waals surface area contributed by atoms with Crippen LogP contribution in [0.4, 0.5) is 17.6 Å². The minimum atomic E-state index is -1.89. The molecule has 2 heterocycles. The number of hydrogen-bond acceptors (Lipinski definition) is 4. The molecule has 0 unspecified atom stereocenters. The molecule has 10 heteroatoms. The van der Waals surface area contributed by atoms with E-state index < -0.39 is 30.4 Å². The first kappa shape index (κ1) is 25.2. The third-order valence-electron chi connectivity index (χ3n) is 3.74. The average Bonchev–Trinajstić information content (AvgIpc) is 2.75. The number of nitrogens with zero attached hydrogens (tertiary/aromatic N) is 2. The van der Waals surface area contributed by atoms with Gasteiger partial charge in [-0.05, 0) is 58.4 Å². The van der Waals surface area contributed by atoms with Gasteiger partial charge in [-0.15, -0.1) is 0 Å². The Labute approximate surface area is 190 Å². The Balaban J connectivity index is 0.000000180. The van der Waals surface area contributed by atoms with Gasteiger partial charge in [0.2, 0.25) is 0 Å². The standard InChI is InChI=1S/C11H7F2N.C6H5BF2O2.C5H4BrN/c12-8-4-5-9(10(13)7-8)11-3-1-2-6-14-11;8-4-1-2-5(7(10)11)6(9)3-4;6-5-3-1-2-4-7-5/h1-7H;1-3,10-11H;1-4H. The quantitative estimate of drug-likeness (QED) is 0.238. The fraction of sp³-hybridized carbons (Fsp3) is 0. The third kappa shape index (κ3) is 8.22. The maximum absolute atomic E-state index is 13.3. The molecule has 2 aromatic carbocycles. The number of hydrogen-bond donors (Lipinski definition) is 2. The minimum absolute atomic E-state index is 0.312. The van der Waals surface area contributed by atoms with Crippen LogP contribution in [0.5, 0.6) is 0 Å².